The molecule has 0 amide bonds. The van der Waals surface area contributed by atoms with Crippen LogP contribution in [-0.4, -0.2) is 17.6 Å². The van der Waals surface area contributed by atoms with Crippen LogP contribution in [0, 0.1) is 5.82 Å². The minimum absolute atomic E-state index is 0.0414. The van der Waals surface area contributed by atoms with E-state index in [1.165, 1.54) is 18.2 Å². The third-order valence-corrected chi connectivity index (χ3v) is 3.27. The van der Waals surface area contributed by atoms with E-state index in [2.05, 4.69) is 5.32 Å². The van der Waals surface area contributed by atoms with Gasteiger partial charge in [-0.15, -0.1) is 0 Å². The molecule has 0 saturated heterocycles. The lowest BCUT2D eigenvalue weighted by atomic mass is 10.1. The Balaban J connectivity index is 2.06. The summed E-state index contributed by atoms with van der Waals surface area (Å²) in [5.41, 5.74) is 1.17. The number of thiophene rings is 1. The van der Waals surface area contributed by atoms with Crippen LogP contribution in [0.2, 0.25) is 0 Å². The van der Waals surface area contributed by atoms with Crippen LogP contribution in [0.5, 0.6) is 0 Å². The summed E-state index contributed by atoms with van der Waals surface area (Å²) in [5.74, 6) is -1.67. The second kappa shape index (κ2) is 5.64. The fraction of sp³-hybridized carbons (Fsp3) is 0.154. The first-order chi connectivity index (χ1) is 8.68. The van der Waals surface area contributed by atoms with Gasteiger partial charge in [-0.2, -0.15) is 11.3 Å². The lowest BCUT2D eigenvalue weighted by molar-refractivity contribution is 0.0697. The summed E-state index contributed by atoms with van der Waals surface area (Å²) in [5, 5.41) is 15.8. The van der Waals surface area contributed by atoms with Crippen LogP contribution in [0.15, 0.2) is 35.0 Å². The van der Waals surface area contributed by atoms with E-state index in [4.69, 9.17) is 5.11 Å². The molecule has 0 spiro atoms. The van der Waals surface area contributed by atoms with Gasteiger partial charge in [0.25, 0.3) is 0 Å². The fourth-order valence-electron chi connectivity index (χ4n) is 1.65. The highest BCUT2D eigenvalue weighted by Gasteiger charge is 2.13. The maximum atomic E-state index is 13.6. The number of para-hydroxylation sites is 1. The molecule has 0 unspecified atom stereocenters. The third-order valence-electron chi connectivity index (χ3n) is 2.54. The van der Waals surface area contributed by atoms with Gasteiger partial charge in [-0.1, -0.05) is 6.07 Å². The second-order valence-electron chi connectivity index (χ2n) is 3.78. The van der Waals surface area contributed by atoms with Gasteiger partial charge in [0.05, 0.1) is 11.3 Å². The van der Waals surface area contributed by atoms with E-state index >= 15 is 0 Å². The summed E-state index contributed by atoms with van der Waals surface area (Å²) in [6, 6.07) is 6.02. The molecule has 2 rings (SSSR count). The molecule has 94 valence electrons. The topological polar surface area (TPSA) is 49.3 Å². The molecular weight excluding hydrogens is 253 g/mol. The summed E-state index contributed by atoms with van der Waals surface area (Å²) in [6.45, 7) is 0.498. The third kappa shape index (κ3) is 2.87. The number of rotatable bonds is 5. The minimum Gasteiger partial charge on any atom is -0.478 e. The molecule has 0 aliphatic carbocycles. The zero-order chi connectivity index (χ0) is 13.0. The van der Waals surface area contributed by atoms with E-state index < -0.39 is 11.8 Å². The highest BCUT2D eigenvalue weighted by molar-refractivity contribution is 7.07. The van der Waals surface area contributed by atoms with Gasteiger partial charge < -0.3 is 10.4 Å². The van der Waals surface area contributed by atoms with E-state index in [-0.39, 0.29) is 11.3 Å². The molecule has 0 atom stereocenters. The monoisotopic (exact) mass is 265 g/mol. The van der Waals surface area contributed by atoms with Crippen LogP contribution in [0.25, 0.3) is 0 Å². The number of carboxylic acids is 1. The number of aromatic carboxylic acids is 1. The number of nitrogens with one attached hydrogen (secondary N) is 1. The van der Waals surface area contributed by atoms with Gasteiger partial charge in [-0.25, -0.2) is 9.18 Å². The Hall–Kier alpha value is -1.88. The SMILES string of the molecule is O=C(O)c1cccc(F)c1NCCc1ccsc1. The summed E-state index contributed by atoms with van der Waals surface area (Å²) in [7, 11) is 0. The number of hydrogen-bond donors (Lipinski definition) is 2. The predicted molar refractivity (Wildman–Crippen MR) is 69.9 cm³/mol. The molecule has 2 N–H and O–H groups in total. The molecular formula is C13H12FNO2S. The van der Waals surface area contributed by atoms with Gasteiger partial charge in [0.2, 0.25) is 0 Å². The fourth-order valence-corrected chi connectivity index (χ4v) is 2.35. The molecule has 0 aliphatic rings. The normalized spacial score (nSPS) is 10.3. The molecule has 0 bridgehead atoms. The zero-order valence-corrected chi connectivity index (χ0v) is 10.3. The first-order valence-electron chi connectivity index (χ1n) is 5.45. The molecule has 0 aliphatic heterocycles. The maximum Gasteiger partial charge on any atom is 0.337 e. The van der Waals surface area contributed by atoms with E-state index in [1.807, 2.05) is 16.8 Å². The number of benzene rings is 1. The molecule has 2 aromatic rings. The Morgan fingerprint density at radius 3 is 2.89 bits per heavy atom. The van der Waals surface area contributed by atoms with Crippen molar-refractivity contribution in [1.82, 2.24) is 0 Å². The molecule has 0 saturated carbocycles. The van der Waals surface area contributed by atoms with E-state index in [9.17, 15) is 9.18 Å². The van der Waals surface area contributed by atoms with Crippen molar-refractivity contribution in [2.24, 2.45) is 0 Å². The number of carbonyl (C=O) groups is 1. The lowest BCUT2D eigenvalue weighted by Crippen LogP contribution is -2.11. The van der Waals surface area contributed by atoms with Crippen molar-refractivity contribution >= 4 is 23.0 Å². The number of anilines is 1. The minimum atomic E-state index is -1.13. The molecule has 1 heterocycles. The van der Waals surface area contributed by atoms with Gasteiger partial charge in [0, 0.05) is 6.54 Å². The molecule has 18 heavy (non-hydrogen) atoms. The van der Waals surface area contributed by atoms with Crippen LogP contribution >= 0.6 is 11.3 Å². The smallest absolute Gasteiger partial charge is 0.337 e. The van der Waals surface area contributed by atoms with Crippen LogP contribution in [-0.2, 0) is 6.42 Å². The average Bonchev–Trinajstić information content (AvgIpc) is 2.84. The number of carboxylic acid groups (broad SMARTS) is 1. The van der Waals surface area contributed by atoms with Gasteiger partial charge in [0.15, 0.2) is 0 Å². The summed E-state index contributed by atoms with van der Waals surface area (Å²) in [4.78, 5) is 11.0. The number of halogens is 1. The summed E-state index contributed by atoms with van der Waals surface area (Å²) < 4.78 is 13.6. The van der Waals surface area contributed by atoms with Gasteiger partial charge in [-0.05, 0) is 40.9 Å². The first-order valence-corrected chi connectivity index (χ1v) is 6.39. The van der Waals surface area contributed by atoms with E-state index in [0.717, 1.165) is 12.0 Å². The quantitative estimate of drug-likeness (QED) is 0.872. The van der Waals surface area contributed by atoms with Crippen LogP contribution in [0.3, 0.4) is 0 Å². The van der Waals surface area contributed by atoms with Crippen molar-refractivity contribution in [2.75, 3.05) is 11.9 Å². The number of hydrogen-bond acceptors (Lipinski definition) is 3. The van der Waals surface area contributed by atoms with Crippen molar-refractivity contribution < 1.29 is 14.3 Å². The van der Waals surface area contributed by atoms with E-state index in [0.29, 0.717) is 6.54 Å². The van der Waals surface area contributed by atoms with Crippen molar-refractivity contribution in [3.63, 3.8) is 0 Å². The Bertz CT molecular complexity index is 540. The van der Waals surface area contributed by atoms with Crippen LogP contribution < -0.4 is 5.32 Å². The Labute approximate surface area is 108 Å². The highest BCUT2D eigenvalue weighted by Crippen LogP contribution is 2.20. The first kappa shape index (κ1) is 12.6. The largest absolute Gasteiger partial charge is 0.478 e. The zero-order valence-electron chi connectivity index (χ0n) is 9.52. The Morgan fingerprint density at radius 1 is 1.39 bits per heavy atom. The standard InChI is InChI=1S/C13H12FNO2S/c14-11-3-1-2-10(13(16)17)12(11)15-6-4-9-5-7-18-8-9/h1-3,5,7-8,15H,4,6H2,(H,16,17). The van der Waals surface area contributed by atoms with Gasteiger partial charge in [-0.3, -0.25) is 0 Å². The van der Waals surface area contributed by atoms with Crippen molar-refractivity contribution in [3.8, 4) is 0 Å². The average molecular weight is 265 g/mol. The Kier molecular flexibility index (Phi) is 3.94. The van der Waals surface area contributed by atoms with Crippen molar-refractivity contribution in [1.29, 1.82) is 0 Å². The molecule has 1 aromatic carbocycles. The molecule has 5 heteroatoms. The highest BCUT2D eigenvalue weighted by atomic mass is 32.1. The Morgan fingerprint density at radius 2 is 2.22 bits per heavy atom. The summed E-state index contributed by atoms with van der Waals surface area (Å²) in [6.07, 6.45) is 0.733. The van der Waals surface area contributed by atoms with Gasteiger partial charge in [0.1, 0.15) is 5.82 Å². The second-order valence-corrected chi connectivity index (χ2v) is 4.56. The van der Waals surface area contributed by atoms with Crippen LogP contribution in [0.4, 0.5) is 10.1 Å². The molecule has 0 fully saturated rings. The lowest BCUT2D eigenvalue weighted by Gasteiger charge is -2.10. The van der Waals surface area contributed by atoms with Crippen LogP contribution in [0.1, 0.15) is 15.9 Å². The summed E-state index contributed by atoms with van der Waals surface area (Å²) >= 11 is 1.60. The van der Waals surface area contributed by atoms with Gasteiger partial charge >= 0.3 is 5.97 Å². The van der Waals surface area contributed by atoms with Crippen molar-refractivity contribution in [3.05, 3.63) is 52.0 Å². The van der Waals surface area contributed by atoms with E-state index in [1.54, 1.807) is 11.3 Å². The molecule has 1 aromatic heterocycles. The molecule has 0 radical (unpaired) electrons. The predicted octanol–water partition coefficient (Wildman–Crippen LogP) is 3.24. The maximum absolute atomic E-state index is 13.6. The van der Waals surface area contributed by atoms with Crippen molar-refractivity contribution in [2.45, 2.75) is 6.42 Å². The molecule has 3 nitrogen and oxygen atoms in total.